The summed E-state index contributed by atoms with van der Waals surface area (Å²) in [5.74, 6) is -0.299. The first-order chi connectivity index (χ1) is 13.6. The summed E-state index contributed by atoms with van der Waals surface area (Å²) >= 11 is 0. The summed E-state index contributed by atoms with van der Waals surface area (Å²) in [6.07, 6.45) is -0.696. The van der Waals surface area contributed by atoms with Crippen molar-refractivity contribution in [1.29, 1.82) is 0 Å². The summed E-state index contributed by atoms with van der Waals surface area (Å²) in [4.78, 5) is 25.8. The maximum atomic E-state index is 14.5. The van der Waals surface area contributed by atoms with Gasteiger partial charge in [0, 0.05) is 12.2 Å². The molecule has 2 aromatic carbocycles. The predicted octanol–water partition coefficient (Wildman–Crippen LogP) is 4.35. The number of amides is 2. The van der Waals surface area contributed by atoms with Crippen molar-refractivity contribution in [1.82, 2.24) is 4.90 Å². The smallest absolute Gasteiger partial charge is 0.408 e. The maximum absolute atomic E-state index is 14.5. The molecule has 0 aromatic heterocycles. The molecule has 1 aliphatic heterocycles. The molecule has 3 rings (SSSR count). The molecular formula is C22H25FN2O4. The molecule has 154 valence electrons. The van der Waals surface area contributed by atoms with E-state index in [4.69, 9.17) is 4.74 Å². The molecule has 0 aliphatic carbocycles. The van der Waals surface area contributed by atoms with E-state index in [9.17, 15) is 19.1 Å². The Morgan fingerprint density at radius 3 is 2.52 bits per heavy atom. The molecule has 0 spiro atoms. The molecule has 0 radical (unpaired) electrons. The molecule has 1 aliphatic rings. The van der Waals surface area contributed by atoms with Crippen LogP contribution in [0.4, 0.5) is 14.9 Å². The summed E-state index contributed by atoms with van der Waals surface area (Å²) in [6, 6.07) is 8.73. The number of nitrogens with zero attached hydrogens (tertiary/aromatic N) is 1. The third-order valence-corrected chi connectivity index (χ3v) is 5.12. The number of ether oxygens (including phenoxy) is 1. The Hall–Kier alpha value is -3.09. The normalized spacial score (nSPS) is 16.2. The Morgan fingerprint density at radius 2 is 1.93 bits per heavy atom. The van der Waals surface area contributed by atoms with Crippen LogP contribution in [-0.2, 0) is 16.6 Å². The van der Waals surface area contributed by atoms with Gasteiger partial charge in [-0.1, -0.05) is 32.9 Å². The molecule has 0 saturated carbocycles. The minimum atomic E-state index is -1.18. The molecule has 1 atom stereocenters. The van der Waals surface area contributed by atoms with Gasteiger partial charge in [0.2, 0.25) is 0 Å². The first-order valence-electron chi connectivity index (χ1n) is 9.39. The van der Waals surface area contributed by atoms with Gasteiger partial charge in [0.1, 0.15) is 17.6 Å². The fraction of sp³-hybridized carbons (Fsp3) is 0.364. The first-order valence-corrected chi connectivity index (χ1v) is 9.39. The minimum Gasteiger partial charge on any atom is -0.497 e. The third kappa shape index (κ3) is 4.18. The molecule has 0 bridgehead atoms. The van der Waals surface area contributed by atoms with Crippen LogP contribution >= 0.6 is 0 Å². The number of methoxy groups -OCH3 is 1. The lowest BCUT2D eigenvalue weighted by Gasteiger charge is -2.34. The number of carbonyl (C=O) groups is 2. The number of hydrogen-bond acceptors (Lipinski definition) is 3. The lowest BCUT2D eigenvalue weighted by molar-refractivity contribution is -0.121. The third-order valence-electron chi connectivity index (χ3n) is 5.12. The van der Waals surface area contributed by atoms with Gasteiger partial charge in [0.05, 0.1) is 7.11 Å². The van der Waals surface area contributed by atoms with E-state index in [2.05, 4.69) is 5.32 Å². The van der Waals surface area contributed by atoms with Crippen LogP contribution in [0.1, 0.15) is 43.5 Å². The Morgan fingerprint density at radius 1 is 1.21 bits per heavy atom. The quantitative estimate of drug-likeness (QED) is 0.803. The standard InChI is InChI=1S/C22H25FN2O4/c1-22(2,3)17-8-5-14(12-18(17)23)24-20(26)19-16-7-6-15(29-4)11-13(16)9-10-25(19)21(27)28/h5-8,11-12,19H,9-10H2,1-4H3,(H,24,26)(H,27,28)/t19-/m1/s1. The van der Waals surface area contributed by atoms with Crippen LogP contribution in [0.15, 0.2) is 36.4 Å². The molecule has 6 nitrogen and oxygen atoms in total. The number of halogens is 1. The van der Waals surface area contributed by atoms with Crippen LogP contribution in [0, 0.1) is 5.82 Å². The molecule has 29 heavy (non-hydrogen) atoms. The topological polar surface area (TPSA) is 78.9 Å². The van der Waals surface area contributed by atoms with E-state index < -0.39 is 23.9 Å². The van der Waals surface area contributed by atoms with Crippen LogP contribution < -0.4 is 10.1 Å². The van der Waals surface area contributed by atoms with E-state index in [0.29, 0.717) is 23.3 Å². The number of hydrogen-bond donors (Lipinski definition) is 2. The lowest BCUT2D eigenvalue weighted by atomic mass is 9.86. The molecule has 2 amide bonds. The van der Waals surface area contributed by atoms with Crippen LogP contribution in [0.25, 0.3) is 0 Å². The van der Waals surface area contributed by atoms with Crippen molar-refractivity contribution in [2.24, 2.45) is 0 Å². The van der Waals surface area contributed by atoms with Crippen molar-refractivity contribution in [2.45, 2.75) is 38.6 Å². The number of carbonyl (C=O) groups excluding carboxylic acids is 1. The van der Waals surface area contributed by atoms with E-state index in [-0.39, 0.29) is 17.6 Å². The average Bonchev–Trinajstić information content (AvgIpc) is 2.65. The molecule has 2 aromatic rings. The Balaban J connectivity index is 1.92. The summed E-state index contributed by atoms with van der Waals surface area (Å²) in [6.45, 7) is 5.90. The zero-order chi connectivity index (χ0) is 21.3. The number of fused-ring (bicyclic) bond motifs is 1. The number of carboxylic acid groups (broad SMARTS) is 1. The summed E-state index contributed by atoms with van der Waals surface area (Å²) < 4.78 is 19.7. The van der Waals surface area contributed by atoms with Gasteiger partial charge in [-0.3, -0.25) is 9.69 Å². The van der Waals surface area contributed by atoms with Gasteiger partial charge in [-0.05, 0) is 52.8 Å². The van der Waals surface area contributed by atoms with E-state index in [0.717, 1.165) is 10.5 Å². The van der Waals surface area contributed by atoms with E-state index in [1.165, 1.54) is 6.07 Å². The van der Waals surface area contributed by atoms with Crippen molar-refractivity contribution in [3.63, 3.8) is 0 Å². The van der Waals surface area contributed by atoms with Crippen molar-refractivity contribution < 1.29 is 23.8 Å². The van der Waals surface area contributed by atoms with E-state index in [1.54, 1.807) is 31.4 Å². The van der Waals surface area contributed by atoms with Crippen molar-refractivity contribution in [3.8, 4) is 5.75 Å². The van der Waals surface area contributed by atoms with Crippen LogP contribution in [0.5, 0.6) is 5.75 Å². The zero-order valence-electron chi connectivity index (χ0n) is 17.0. The number of benzene rings is 2. The SMILES string of the molecule is COc1ccc2c(c1)CCN(C(=O)O)[C@H]2C(=O)Nc1ccc(C(C)(C)C)c(F)c1. The molecule has 7 heteroatoms. The van der Waals surface area contributed by atoms with Crippen LogP contribution in [-0.4, -0.2) is 35.7 Å². The Kier molecular flexibility index (Phi) is 5.50. The average molecular weight is 400 g/mol. The Bertz CT molecular complexity index is 952. The van der Waals surface area contributed by atoms with Gasteiger partial charge in [-0.25, -0.2) is 9.18 Å². The van der Waals surface area contributed by atoms with Gasteiger partial charge in [-0.15, -0.1) is 0 Å². The molecule has 2 N–H and O–H groups in total. The van der Waals surface area contributed by atoms with Gasteiger partial charge in [0.25, 0.3) is 5.91 Å². The van der Waals surface area contributed by atoms with Gasteiger partial charge < -0.3 is 15.2 Å². The highest BCUT2D eigenvalue weighted by atomic mass is 19.1. The minimum absolute atomic E-state index is 0.185. The highest BCUT2D eigenvalue weighted by Crippen LogP contribution is 2.34. The summed E-state index contributed by atoms with van der Waals surface area (Å²) in [7, 11) is 1.55. The second-order valence-electron chi connectivity index (χ2n) is 8.13. The van der Waals surface area contributed by atoms with E-state index >= 15 is 0 Å². The van der Waals surface area contributed by atoms with Crippen LogP contribution in [0.2, 0.25) is 0 Å². The molecular weight excluding hydrogens is 375 g/mol. The van der Waals surface area contributed by atoms with Crippen molar-refractivity contribution >= 4 is 17.7 Å². The highest BCUT2D eigenvalue weighted by Gasteiger charge is 2.36. The monoisotopic (exact) mass is 400 g/mol. The fourth-order valence-electron chi connectivity index (χ4n) is 3.63. The van der Waals surface area contributed by atoms with Crippen LogP contribution in [0.3, 0.4) is 0 Å². The van der Waals surface area contributed by atoms with Crippen molar-refractivity contribution in [2.75, 3.05) is 19.0 Å². The molecule has 0 fully saturated rings. The molecule has 0 saturated heterocycles. The highest BCUT2D eigenvalue weighted by molar-refractivity contribution is 5.97. The second-order valence-corrected chi connectivity index (χ2v) is 8.13. The van der Waals surface area contributed by atoms with Crippen molar-refractivity contribution in [3.05, 3.63) is 58.9 Å². The molecule has 0 unspecified atom stereocenters. The predicted molar refractivity (Wildman–Crippen MR) is 108 cm³/mol. The number of anilines is 1. The van der Waals surface area contributed by atoms with Gasteiger partial charge in [-0.2, -0.15) is 0 Å². The summed E-state index contributed by atoms with van der Waals surface area (Å²) in [5, 5.41) is 12.3. The number of rotatable bonds is 3. The zero-order valence-corrected chi connectivity index (χ0v) is 17.0. The first kappa shape index (κ1) is 20.6. The van der Waals surface area contributed by atoms with Gasteiger partial charge in [0.15, 0.2) is 0 Å². The second kappa shape index (κ2) is 7.73. The van der Waals surface area contributed by atoms with E-state index in [1.807, 2.05) is 26.8 Å². The summed E-state index contributed by atoms with van der Waals surface area (Å²) in [5.41, 5.74) is 1.91. The Labute approximate surface area is 169 Å². The number of nitrogens with one attached hydrogen (secondary N) is 1. The lowest BCUT2D eigenvalue weighted by Crippen LogP contribution is -2.44. The largest absolute Gasteiger partial charge is 0.497 e. The molecule has 1 heterocycles. The fourth-order valence-corrected chi connectivity index (χ4v) is 3.63. The van der Waals surface area contributed by atoms with Gasteiger partial charge >= 0.3 is 6.09 Å². The maximum Gasteiger partial charge on any atom is 0.408 e.